The quantitative estimate of drug-likeness (QED) is 0.938. The normalized spacial score (nSPS) is 18.5. The van der Waals surface area contributed by atoms with E-state index in [2.05, 4.69) is 15.2 Å². The predicted molar refractivity (Wildman–Crippen MR) is 80.6 cm³/mol. The maximum absolute atomic E-state index is 11.7. The van der Waals surface area contributed by atoms with Crippen molar-refractivity contribution < 1.29 is 9.53 Å². The van der Waals surface area contributed by atoms with Crippen molar-refractivity contribution in [3.63, 3.8) is 0 Å². The van der Waals surface area contributed by atoms with Crippen molar-refractivity contribution in [2.24, 2.45) is 5.92 Å². The van der Waals surface area contributed by atoms with Gasteiger partial charge in [0.1, 0.15) is 11.3 Å². The number of hydrogen-bond donors (Lipinski definition) is 1. The molecule has 1 saturated heterocycles. The molecule has 1 N–H and O–H groups in total. The number of anilines is 1. The van der Waals surface area contributed by atoms with Crippen LogP contribution in [0.25, 0.3) is 10.2 Å². The average molecular weight is 291 g/mol. The van der Waals surface area contributed by atoms with Crippen molar-refractivity contribution in [3.8, 4) is 5.75 Å². The third-order valence-corrected chi connectivity index (χ3v) is 4.75. The molecule has 106 valence electrons. The Balaban J connectivity index is 1.87. The Morgan fingerprint density at radius 2 is 2.40 bits per heavy atom. The molecule has 0 radical (unpaired) electrons. The number of aromatic nitrogens is 1. The highest BCUT2D eigenvalue weighted by molar-refractivity contribution is 7.22. The fraction of sp³-hybridized carbons (Fsp3) is 0.429. The molecule has 20 heavy (non-hydrogen) atoms. The summed E-state index contributed by atoms with van der Waals surface area (Å²) in [7, 11) is 3.35. The van der Waals surface area contributed by atoms with Gasteiger partial charge in [-0.25, -0.2) is 4.98 Å². The third kappa shape index (κ3) is 2.20. The molecule has 1 aromatic heterocycles. The van der Waals surface area contributed by atoms with Crippen LogP contribution in [0.4, 0.5) is 5.13 Å². The first kappa shape index (κ1) is 13.2. The van der Waals surface area contributed by atoms with Crippen LogP contribution in [0.15, 0.2) is 18.2 Å². The van der Waals surface area contributed by atoms with Gasteiger partial charge in [-0.2, -0.15) is 0 Å². The molecular weight excluding hydrogens is 274 g/mol. The molecule has 3 rings (SSSR count). The Morgan fingerprint density at radius 1 is 1.55 bits per heavy atom. The molecule has 0 saturated carbocycles. The maximum atomic E-state index is 11.7. The van der Waals surface area contributed by atoms with Crippen LogP contribution in [0.3, 0.4) is 0 Å². The summed E-state index contributed by atoms with van der Waals surface area (Å²) >= 11 is 1.65. The number of ether oxygens (including phenoxy) is 1. The third-order valence-electron chi connectivity index (χ3n) is 3.67. The van der Waals surface area contributed by atoms with E-state index in [4.69, 9.17) is 4.74 Å². The summed E-state index contributed by atoms with van der Waals surface area (Å²) in [4.78, 5) is 18.5. The summed E-state index contributed by atoms with van der Waals surface area (Å²) in [5, 5.41) is 3.69. The molecule has 2 heterocycles. The van der Waals surface area contributed by atoms with Gasteiger partial charge in [-0.3, -0.25) is 4.79 Å². The van der Waals surface area contributed by atoms with E-state index in [0.717, 1.165) is 40.6 Å². The largest absolute Gasteiger partial charge is 0.494 e. The molecule has 6 heteroatoms. The van der Waals surface area contributed by atoms with Crippen molar-refractivity contribution in [2.45, 2.75) is 6.42 Å². The first-order chi connectivity index (χ1) is 9.72. The van der Waals surface area contributed by atoms with Gasteiger partial charge in [0.25, 0.3) is 0 Å². The van der Waals surface area contributed by atoms with Gasteiger partial charge in [0.05, 0.1) is 17.7 Å². The van der Waals surface area contributed by atoms with Crippen molar-refractivity contribution in [2.75, 3.05) is 32.1 Å². The zero-order valence-corrected chi connectivity index (χ0v) is 12.4. The van der Waals surface area contributed by atoms with Crippen LogP contribution in [0, 0.1) is 5.92 Å². The smallest absolute Gasteiger partial charge is 0.224 e. The molecule has 1 fully saturated rings. The molecule has 1 amide bonds. The van der Waals surface area contributed by atoms with Gasteiger partial charge >= 0.3 is 0 Å². The fourth-order valence-corrected chi connectivity index (χ4v) is 3.58. The number of nitrogens with one attached hydrogen (secondary N) is 1. The predicted octanol–water partition coefficient (Wildman–Crippen LogP) is 1.88. The van der Waals surface area contributed by atoms with E-state index < -0.39 is 0 Å². The van der Waals surface area contributed by atoms with Crippen molar-refractivity contribution >= 4 is 32.6 Å². The summed E-state index contributed by atoms with van der Waals surface area (Å²) in [6.45, 7) is 1.61. The number of thiazole rings is 1. The number of carbonyl (C=O) groups excluding carboxylic acids is 1. The second-order valence-electron chi connectivity index (χ2n) is 4.85. The van der Waals surface area contributed by atoms with E-state index in [9.17, 15) is 4.79 Å². The lowest BCUT2D eigenvalue weighted by molar-refractivity contribution is -0.123. The van der Waals surface area contributed by atoms with Crippen LogP contribution in [-0.4, -0.2) is 38.1 Å². The topological polar surface area (TPSA) is 54.5 Å². The molecular formula is C14H17N3O2S. The van der Waals surface area contributed by atoms with Crippen molar-refractivity contribution in [1.29, 1.82) is 0 Å². The van der Waals surface area contributed by atoms with E-state index in [1.54, 1.807) is 25.5 Å². The molecule has 1 atom stereocenters. The van der Waals surface area contributed by atoms with E-state index in [-0.39, 0.29) is 11.8 Å². The molecule has 2 aromatic rings. The van der Waals surface area contributed by atoms with Crippen LogP contribution in [0.5, 0.6) is 5.75 Å². The van der Waals surface area contributed by atoms with Gasteiger partial charge in [-0.1, -0.05) is 17.4 Å². The molecule has 0 aliphatic carbocycles. The number of nitrogens with zero attached hydrogens (tertiary/aromatic N) is 2. The summed E-state index contributed by atoms with van der Waals surface area (Å²) in [5.41, 5.74) is 0.901. The second-order valence-corrected chi connectivity index (χ2v) is 5.86. The first-order valence-corrected chi connectivity index (χ1v) is 7.44. The summed E-state index contributed by atoms with van der Waals surface area (Å²) in [6.07, 6.45) is 0.882. The van der Waals surface area contributed by atoms with Crippen molar-refractivity contribution in [1.82, 2.24) is 10.3 Å². The highest BCUT2D eigenvalue weighted by Gasteiger charge is 2.29. The highest BCUT2D eigenvalue weighted by Crippen LogP contribution is 2.35. The van der Waals surface area contributed by atoms with Crippen LogP contribution >= 0.6 is 11.3 Å². The molecule has 1 unspecified atom stereocenters. The minimum atomic E-state index is 0.0638. The Morgan fingerprint density at radius 3 is 3.15 bits per heavy atom. The van der Waals surface area contributed by atoms with Gasteiger partial charge in [0, 0.05) is 20.1 Å². The average Bonchev–Trinajstić information content (AvgIpc) is 3.11. The second kappa shape index (κ2) is 5.28. The summed E-state index contributed by atoms with van der Waals surface area (Å²) < 4.78 is 6.46. The standard InChI is InChI=1S/C14H17N3O2S/c1-15-13(18)9-6-7-17(8-9)14-16-12-10(19-2)4-3-5-11(12)20-14/h3-5,9H,6-8H2,1-2H3,(H,15,18). The van der Waals surface area contributed by atoms with E-state index >= 15 is 0 Å². The van der Waals surface area contributed by atoms with Gasteiger partial charge in [0.15, 0.2) is 5.13 Å². The Bertz CT molecular complexity index is 640. The SMILES string of the molecule is CNC(=O)C1CCN(c2nc3c(OC)cccc3s2)C1. The number of carbonyl (C=O) groups is 1. The van der Waals surface area contributed by atoms with Gasteiger partial charge in [-0.15, -0.1) is 0 Å². The Hall–Kier alpha value is -1.82. The fourth-order valence-electron chi connectivity index (χ4n) is 2.56. The Labute approximate surface area is 121 Å². The van der Waals surface area contributed by atoms with Gasteiger partial charge < -0.3 is 15.0 Å². The number of amides is 1. The maximum Gasteiger partial charge on any atom is 0.224 e. The van der Waals surface area contributed by atoms with E-state index in [1.807, 2.05) is 18.2 Å². The molecule has 1 aromatic carbocycles. The lowest BCUT2D eigenvalue weighted by atomic mass is 10.1. The number of methoxy groups -OCH3 is 1. The van der Waals surface area contributed by atoms with Crippen LogP contribution < -0.4 is 15.0 Å². The van der Waals surface area contributed by atoms with Crippen LogP contribution in [-0.2, 0) is 4.79 Å². The number of fused-ring (bicyclic) bond motifs is 1. The van der Waals surface area contributed by atoms with Gasteiger partial charge in [-0.05, 0) is 18.6 Å². The molecule has 0 bridgehead atoms. The minimum Gasteiger partial charge on any atom is -0.494 e. The Kier molecular flexibility index (Phi) is 3.48. The first-order valence-electron chi connectivity index (χ1n) is 6.63. The lowest BCUT2D eigenvalue weighted by Gasteiger charge is -2.14. The van der Waals surface area contributed by atoms with E-state index in [0.29, 0.717) is 0 Å². The number of benzene rings is 1. The zero-order valence-electron chi connectivity index (χ0n) is 11.5. The monoisotopic (exact) mass is 291 g/mol. The lowest BCUT2D eigenvalue weighted by Crippen LogP contribution is -2.30. The van der Waals surface area contributed by atoms with Crippen LogP contribution in [0.1, 0.15) is 6.42 Å². The minimum absolute atomic E-state index is 0.0638. The molecule has 5 nitrogen and oxygen atoms in total. The van der Waals surface area contributed by atoms with Crippen molar-refractivity contribution in [3.05, 3.63) is 18.2 Å². The molecule has 1 aliphatic rings. The summed E-state index contributed by atoms with van der Waals surface area (Å²) in [5.74, 6) is 0.979. The van der Waals surface area contributed by atoms with Gasteiger partial charge in [0.2, 0.25) is 5.91 Å². The molecule has 0 spiro atoms. The number of rotatable bonds is 3. The number of hydrogen-bond acceptors (Lipinski definition) is 5. The highest BCUT2D eigenvalue weighted by atomic mass is 32.1. The number of para-hydroxylation sites is 1. The van der Waals surface area contributed by atoms with E-state index in [1.165, 1.54) is 0 Å². The molecule has 1 aliphatic heterocycles. The zero-order chi connectivity index (χ0) is 14.1. The van der Waals surface area contributed by atoms with Crippen LogP contribution in [0.2, 0.25) is 0 Å². The summed E-state index contributed by atoms with van der Waals surface area (Å²) in [6, 6.07) is 5.94.